The fourth-order valence-corrected chi connectivity index (χ4v) is 8.29. The second-order valence-corrected chi connectivity index (χ2v) is 16.4. The first-order valence-electron chi connectivity index (χ1n) is 18.7. The minimum absolute atomic E-state index is 0. The Labute approximate surface area is 335 Å². The summed E-state index contributed by atoms with van der Waals surface area (Å²) in [4.78, 5) is 27.3. The van der Waals surface area contributed by atoms with Gasteiger partial charge in [-0.05, 0) is 74.1 Å². The van der Waals surface area contributed by atoms with Crippen LogP contribution in [0.3, 0.4) is 0 Å². The number of aromatic nitrogens is 2. The van der Waals surface area contributed by atoms with Crippen molar-refractivity contribution in [3.05, 3.63) is 59.4 Å². The van der Waals surface area contributed by atoms with Gasteiger partial charge in [-0.1, -0.05) is 52.0 Å². The second-order valence-electron chi connectivity index (χ2n) is 15.2. The van der Waals surface area contributed by atoms with Crippen LogP contribution in [-0.2, 0) is 4.74 Å². The van der Waals surface area contributed by atoms with Crippen molar-refractivity contribution in [2.75, 3.05) is 63.3 Å². The molecular formula is C43H57F3N6O3S. The van der Waals surface area contributed by atoms with Gasteiger partial charge >= 0.3 is 12.1 Å². The number of nitrogens with two attached hydrogens (primary N) is 1. The summed E-state index contributed by atoms with van der Waals surface area (Å²) in [7, 11) is 3.30. The number of carbonyl (C=O) groups is 1. The van der Waals surface area contributed by atoms with Crippen LogP contribution in [0, 0.1) is 35.7 Å². The highest BCUT2D eigenvalue weighted by Gasteiger charge is 2.50. The molecule has 3 unspecified atom stereocenters. The van der Waals surface area contributed by atoms with Gasteiger partial charge in [0, 0.05) is 63.0 Å². The Morgan fingerprint density at radius 1 is 1.09 bits per heavy atom. The average Bonchev–Trinajstić information content (AvgIpc) is 3.95. The Hall–Kier alpha value is -4.25. The molecule has 5 heterocycles. The minimum atomic E-state index is -0.922. The number of benzene rings is 3. The van der Waals surface area contributed by atoms with Gasteiger partial charge in [0.25, 0.3) is 0 Å². The van der Waals surface area contributed by atoms with Crippen LogP contribution in [0.1, 0.15) is 67.3 Å². The number of hydrogen-bond acceptors (Lipinski definition) is 9. The number of thioether (sulfide) groups is 1. The van der Waals surface area contributed by atoms with Crippen LogP contribution in [0.2, 0.25) is 0 Å². The summed E-state index contributed by atoms with van der Waals surface area (Å²) >= 11 is 2.00. The molecule has 0 aliphatic carbocycles. The molecule has 4 saturated heterocycles. The number of rotatable bonds is 7. The lowest BCUT2D eigenvalue weighted by Gasteiger charge is -2.34. The smallest absolute Gasteiger partial charge is 0.409 e. The van der Waals surface area contributed by atoms with E-state index in [1.54, 1.807) is 26.2 Å². The molecule has 304 valence electrons. The summed E-state index contributed by atoms with van der Waals surface area (Å²) in [6.07, 6.45) is 10.5. The summed E-state index contributed by atoms with van der Waals surface area (Å²) in [5.74, 6) is 3.38. The number of terminal acetylenes is 1. The van der Waals surface area contributed by atoms with E-state index in [1.807, 2.05) is 16.7 Å². The van der Waals surface area contributed by atoms with Crippen molar-refractivity contribution in [1.29, 1.82) is 0 Å². The SMILES string of the molecule is C.C.C#Cc1c(F)ccc2cccc(-c3c(F)cc4c(N5CC(N)CC[C@@H](C)C5)nc(OCC56CCCN5C(COC(=O)N(C)C)CC6)nc4c3F)c12.C1CS1.[HH]. The molecule has 0 bridgehead atoms. The fraction of sp³-hybridized carbons (Fsp3) is 0.512. The van der Waals surface area contributed by atoms with Crippen molar-refractivity contribution < 1.29 is 28.9 Å². The number of fused-ring (bicyclic) bond motifs is 3. The van der Waals surface area contributed by atoms with Gasteiger partial charge in [-0.15, -0.1) is 6.42 Å². The summed E-state index contributed by atoms with van der Waals surface area (Å²) in [6.45, 7) is 4.51. The van der Waals surface area contributed by atoms with Crippen LogP contribution in [0.25, 0.3) is 32.8 Å². The number of amides is 1. The quantitative estimate of drug-likeness (QED) is 0.146. The van der Waals surface area contributed by atoms with Gasteiger partial charge in [0.1, 0.15) is 36.2 Å². The number of anilines is 1. The van der Waals surface area contributed by atoms with E-state index in [0.29, 0.717) is 24.3 Å². The topological polar surface area (TPSA) is 97.0 Å². The number of hydrogen-bond donors (Lipinski definition) is 1. The van der Waals surface area contributed by atoms with Crippen molar-refractivity contribution in [3.8, 4) is 29.5 Å². The lowest BCUT2D eigenvalue weighted by atomic mass is 9.93. The van der Waals surface area contributed by atoms with Crippen molar-refractivity contribution in [1.82, 2.24) is 19.8 Å². The third kappa shape index (κ3) is 8.67. The Kier molecular flexibility index (Phi) is 13.7. The number of ether oxygens (including phenoxy) is 2. The lowest BCUT2D eigenvalue weighted by molar-refractivity contribution is 0.0484. The highest BCUT2D eigenvalue weighted by Crippen LogP contribution is 2.44. The summed E-state index contributed by atoms with van der Waals surface area (Å²) in [5.41, 5.74) is 5.73. The number of nitrogens with zero attached hydrogens (tertiary/aromatic N) is 5. The van der Waals surface area contributed by atoms with Crippen molar-refractivity contribution >= 4 is 45.3 Å². The van der Waals surface area contributed by atoms with Crippen molar-refractivity contribution in [2.24, 2.45) is 11.7 Å². The molecule has 0 spiro atoms. The molecular weight excluding hydrogens is 738 g/mol. The van der Waals surface area contributed by atoms with Gasteiger partial charge in [-0.2, -0.15) is 21.7 Å². The van der Waals surface area contributed by atoms with Gasteiger partial charge in [0.2, 0.25) is 0 Å². The van der Waals surface area contributed by atoms with E-state index in [2.05, 4.69) is 22.7 Å². The molecule has 9 nitrogen and oxygen atoms in total. The van der Waals surface area contributed by atoms with E-state index in [4.69, 9.17) is 26.6 Å². The predicted octanol–water partition coefficient (Wildman–Crippen LogP) is 8.74. The molecule has 1 amide bonds. The van der Waals surface area contributed by atoms with Crippen LogP contribution in [0.15, 0.2) is 36.4 Å². The zero-order valence-electron chi connectivity index (χ0n) is 31.0. The first-order chi connectivity index (χ1) is 26.0. The number of halogens is 3. The van der Waals surface area contributed by atoms with Crippen LogP contribution in [-0.4, -0.2) is 102 Å². The zero-order chi connectivity index (χ0) is 38.1. The highest BCUT2D eigenvalue weighted by atomic mass is 32.2. The highest BCUT2D eigenvalue weighted by molar-refractivity contribution is 8.06. The summed E-state index contributed by atoms with van der Waals surface area (Å²) in [5, 5.41) is 0.977. The van der Waals surface area contributed by atoms with Gasteiger partial charge in [-0.25, -0.2) is 18.0 Å². The van der Waals surface area contributed by atoms with Gasteiger partial charge < -0.3 is 25.0 Å². The molecule has 3 aromatic carbocycles. The summed E-state index contributed by atoms with van der Waals surface area (Å²) < 4.78 is 60.2. The maximum absolute atomic E-state index is 17.0. The van der Waals surface area contributed by atoms with E-state index in [-0.39, 0.29) is 98.1 Å². The standard InChI is InChI=1S/C39H43F3N6O3.C2H4S.2CH4.H2/c1-5-27-30(40)13-11-24-8-6-9-28(32(24)27)33-31(41)18-29-35(34(33)42)44-37(45-36(29)47-19-23(2)10-12-25(43)20-47)51-22-39-15-7-17-48(39)26(14-16-39)21-50-38(49)46(3)4;1-2-3-1;;;/h1,6,8-9,11,13,18,23,25-26H,7,10,12,14-17,19-22,43H2,2-4H3;1-2H2;2*1H4;1H/t23-,25?,26?,39?;;;;/m1..../s1. The molecule has 56 heavy (non-hydrogen) atoms. The zero-order valence-corrected chi connectivity index (χ0v) is 31.9. The van der Waals surface area contributed by atoms with Gasteiger partial charge in [0.15, 0.2) is 5.82 Å². The van der Waals surface area contributed by atoms with Crippen molar-refractivity contribution in [3.63, 3.8) is 0 Å². The summed E-state index contributed by atoms with van der Waals surface area (Å²) in [6, 6.07) is 8.80. The second kappa shape index (κ2) is 17.9. The van der Waals surface area contributed by atoms with E-state index in [1.165, 1.54) is 40.7 Å². The maximum Gasteiger partial charge on any atom is 0.409 e. The van der Waals surface area contributed by atoms with Crippen molar-refractivity contribution in [2.45, 2.75) is 77.9 Å². The van der Waals surface area contributed by atoms with Crippen LogP contribution in [0.4, 0.5) is 23.8 Å². The van der Waals surface area contributed by atoms with Crippen LogP contribution < -0.4 is 15.4 Å². The Balaban J connectivity index is 0.00000115. The monoisotopic (exact) mass is 794 g/mol. The molecule has 13 heteroatoms. The molecule has 4 aliphatic rings. The molecule has 8 rings (SSSR count). The van der Waals surface area contributed by atoms with Gasteiger partial charge in [-0.3, -0.25) is 4.90 Å². The number of carbonyl (C=O) groups excluding carboxylic acids is 1. The Morgan fingerprint density at radius 3 is 2.57 bits per heavy atom. The van der Waals surface area contributed by atoms with Crippen LogP contribution >= 0.6 is 11.8 Å². The van der Waals surface area contributed by atoms with E-state index >= 15 is 8.78 Å². The minimum Gasteiger partial charge on any atom is -0.461 e. The predicted molar refractivity (Wildman–Crippen MR) is 224 cm³/mol. The molecule has 4 aromatic rings. The largest absolute Gasteiger partial charge is 0.461 e. The Bertz CT molecular complexity index is 2090. The average molecular weight is 795 g/mol. The third-order valence-corrected chi connectivity index (χ3v) is 11.4. The molecule has 4 aliphatic heterocycles. The molecule has 0 saturated carbocycles. The molecule has 1 aromatic heterocycles. The maximum atomic E-state index is 17.0. The fourth-order valence-electron chi connectivity index (χ4n) is 8.29. The van der Waals surface area contributed by atoms with Crippen LogP contribution in [0.5, 0.6) is 6.01 Å². The first kappa shape index (κ1) is 42.9. The Morgan fingerprint density at radius 2 is 1.86 bits per heavy atom. The van der Waals surface area contributed by atoms with E-state index in [9.17, 15) is 9.18 Å². The van der Waals surface area contributed by atoms with Gasteiger partial charge in [0.05, 0.1) is 16.7 Å². The molecule has 2 N–H and O–H groups in total. The first-order valence-corrected chi connectivity index (χ1v) is 19.8. The van der Waals surface area contributed by atoms with E-state index < -0.39 is 17.5 Å². The molecule has 0 radical (unpaired) electrons. The normalized spacial score (nSPS) is 22.8. The molecule has 4 fully saturated rings. The third-order valence-electron chi connectivity index (χ3n) is 11.0. The lowest BCUT2D eigenvalue weighted by Crippen LogP contribution is -2.48. The molecule has 4 atom stereocenters. The van der Waals surface area contributed by atoms with E-state index in [0.717, 1.165) is 45.1 Å².